The Labute approximate surface area is 82.8 Å². The topological polar surface area (TPSA) is 60.2 Å². The van der Waals surface area contributed by atoms with Crippen molar-refractivity contribution in [2.75, 3.05) is 19.8 Å². The van der Waals surface area contributed by atoms with Crippen LogP contribution in [-0.2, 0) is 4.74 Å². The van der Waals surface area contributed by atoms with Crippen molar-refractivity contribution < 1.29 is 9.26 Å². The minimum Gasteiger partial charge on any atom is -0.378 e. The van der Waals surface area contributed by atoms with Gasteiger partial charge in [-0.15, -0.1) is 0 Å². The van der Waals surface area contributed by atoms with Crippen molar-refractivity contribution in [2.24, 2.45) is 0 Å². The van der Waals surface area contributed by atoms with Crippen LogP contribution in [0.2, 0.25) is 0 Å². The van der Waals surface area contributed by atoms with Gasteiger partial charge in [0.2, 0.25) is 5.89 Å². The van der Waals surface area contributed by atoms with Crippen molar-refractivity contribution in [3.63, 3.8) is 0 Å². The average Bonchev–Trinajstić information content (AvgIpc) is 2.68. The summed E-state index contributed by atoms with van der Waals surface area (Å²) >= 11 is 0. The number of hydrogen-bond acceptors (Lipinski definition) is 5. The van der Waals surface area contributed by atoms with Crippen molar-refractivity contribution in [3.8, 4) is 0 Å². The Kier molecular flexibility index (Phi) is 2.79. The predicted octanol–water partition coefficient (Wildman–Crippen LogP) is 0.854. The van der Waals surface area contributed by atoms with E-state index in [4.69, 9.17) is 9.26 Å². The van der Waals surface area contributed by atoms with Crippen LogP contribution in [0.1, 0.15) is 37.5 Å². The summed E-state index contributed by atoms with van der Waals surface area (Å²) in [7, 11) is 0. The van der Waals surface area contributed by atoms with Crippen LogP contribution < -0.4 is 5.32 Å². The highest BCUT2D eigenvalue weighted by atomic mass is 16.5. The fourth-order valence-electron chi connectivity index (χ4n) is 1.35. The molecule has 1 aromatic rings. The molecule has 0 amide bonds. The minimum absolute atomic E-state index is 0.0833. The van der Waals surface area contributed by atoms with Crippen LogP contribution >= 0.6 is 0 Å². The zero-order valence-corrected chi connectivity index (χ0v) is 8.49. The van der Waals surface area contributed by atoms with E-state index in [0.29, 0.717) is 18.3 Å². The molecule has 0 aliphatic carbocycles. The van der Waals surface area contributed by atoms with Crippen molar-refractivity contribution in [2.45, 2.75) is 25.8 Å². The molecular formula is C9H15N3O2. The molecule has 1 N–H and O–H groups in total. The number of nitrogens with one attached hydrogen (secondary N) is 1. The van der Waals surface area contributed by atoms with Crippen LogP contribution in [0.15, 0.2) is 4.52 Å². The standard InChI is InChI=1S/C9H15N3O2/c1-6(2)9-11-8(12-14-9)7-5-13-4-3-10-7/h6-7,10H,3-5H2,1-2H3. The number of rotatable bonds is 2. The largest absolute Gasteiger partial charge is 0.378 e. The molecule has 0 radical (unpaired) electrons. The maximum absolute atomic E-state index is 5.32. The third-order valence-electron chi connectivity index (χ3n) is 2.18. The number of hydrogen-bond donors (Lipinski definition) is 1. The molecule has 1 aliphatic heterocycles. The van der Waals surface area contributed by atoms with Crippen LogP contribution in [0.5, 0.6) is 0 Å². The number of aromatic nitrogens is 2. The molecule has 1 unspecified atom stereocenters. The van der Waals surface area contributed by atoms with Crippen molar-refractivity contribution in [1.82, 2.24) is 15.5 Å². The summed E-state index contributed by atoms with van der Waals surface area (Å²) < 4.78 is 10.4. The molecule has 1 atom stereocenters. The first-order valence-corrected chi connectivity index (χ1v) is 4.92. The summed E-state index contributed by atoms with van der Waals surface area (Å²) in [5.41, 5.74) is 0. The lowest BCUT2D eigenvalue weighted by molar-refractivity contribution is 0.0734. The lowest BCUT2D eigenvalue weighted by Gasteiger charge is -2.20. The summed E-state index contributed by atoms with van der Waals surface area (Å²) in [5, 5.41) is 7.21. The van der Waals surface area contributed by atoms with Crippen molar-refractivity contribution in [3.05, 3.63) is 11.7 Å². The molecule has 0 aromatic carbocycles. The van der Waals surface area contributed by atoms with E-state index < -0.39 is 0 Å². The number of morpholine rings is 1. The predicted molar refractivity (Wildman–Crippen MR) is 49.9 cm³/mol. The second-order valence-corrected chi connectivity index (χ2v) is 3.73. The van der Waals surface area contributed by atoms with E-state index in [2.05, 4.69) is 15.5 Å². The highest BCUT2D eigenvalue weighted by molar-refractivity contribution is 4.97. The maximum Gasteiger partial charge on any atom is 0.229 e. The van der Waals surface area contributed by atoms with Crippen LogP contribution in [0.25, 0.3) is 0 Å². The second-order valence-electron chi connectivity index (χ2n) is 3.73. The molecule has 1 aliphatic rings. The first-order chi connectivity index (χ1) is 6.77. The van der Waals surface area contributed by atoms with Gasteiger partial charge in [-0.05, 0) is 0 Å². The van der Waals surface area contributed by atoms with Gasteiger partial charge in [0.05, 0.1) is 19.3 Å². The fourth-order valence-corrected chi connectivity index (χ4v) is 1.35. The molecule has 1 aromatic heterocycles. The van der Waals surface area contributed by atoms with Gasteiger partial charge in [-0.25, -0.2) is 0 Å². The van der Waals surface area contributed by atoms with Crippen LogP contribution in [-0.4, -0.2) is 29.9 Å². The second kappa shape index (κ2) is 4.06. The fraction of sp³-hybridized carbons (Fsp3) is 0.778. The van der Waals surface area contributed by atoms with E-state index in [1.807, 2.05) is 13.8 Å². The van der Waals surface area contributed by atoms with Gasteiger partial charge in [0.1, 0.15) is 0 Å². The highest BCUT2D eigenvalue weighted by Crippen LogP contribution is 2.16. The van der Waals surface area contributed by atoms with E-state index in [1.54, 1.807) is 0 Å². The molecule has 0 saturated carbocycles. The maximum atomic E-state index is 5.32. The van der Waals surface area contributed by atoms with E-state index in [9.17, 15) is 0 Å². The number of ether oxygens (including phenoxy) is 1. The summed E-state index contributed by atoms with van der Waals surface area (Å²) in [6.07, 6.45) is 0. The van der Waals surface area contributed by atoms with Crippen molar-refractivity contribution >= 4 is 0 Å². The molecule has 78 valence electrons. The Bertz CT molecular complexity index is 292. The minimum atomic E-state index is 0.0833. The first kappa shape index (κ1) is 9.61. The van der Waals surface area contributed by atoms with Gasteiger partial charge in [-0.3, -0.25) is 0 Å². The van der Waals surface area contributed by atoms with E-state index in [1.165, 1.54) is 0 Å². The Morgan fingerprint density at radius 1 is 1.50 bits per heavy atom. The molecule has 14 heavy (non-hydrogen) atoms. The first-order valence-electron chi connectivity index (χ1n) is 4.92. The molecule has 1 saturated heterocycles. The van der Waals surface area contributed by atoms with E-state index in [0.717, 1.165) is 13.2 Å². The molecule has 0 spiro atoms. The Morgan fingerprint density at radius 2 is 2.36 bits per heavy atom. The SMILES string of the molecule is CC(C)c1nc(C2COCCN2)no1. The average molecular weight is 197 g/mol. The quantitative estimate of drug-likeness (QED) is 0.761. The lowest BCUT2D eigenvalue weighted by Crippen LogP contribution is -2.35. The zero-order valence-electron chi connectivity index (χ0n) is 8.49. The summed E-state index contributed by atoms with van der Waals surface area (Å²) in [4.78, 5) is 4.31. The van der Waals surface area contributed by atoms with Gasteiger partial charge in [-0.2, -0.15) is 4.98 Å². The van der Waals surface area contributed by atoms with Crippen molar-refractivity contribution in [1.29, 1.82) is 0 Å². The third-order valence-corrected chi connectivity index (χ3v) is 2.18. The van der Waals surface area contributed by atoms with Crippen LogP contribution in [0.4, 0.5) is 0 Å². The summed E-state index contributed by atoms with van der Waals surface area (Å²) in [6, 6.07) is 0.0833. The molecule has 0 bridgehead atoms. The van der Waals surface area contributed by atoms with Gasteiger partial charge < -0.3 is 14.6 Å². The zero-order chi connectivity index (χ0) is 9.97. The van der Waals surface area contributed by atoms with Gasteiger partial charge in [0.25, 0.3) is 0 Å². The Morgan fingerprint density at radius 3 is 2.93 bits per heavy atom. The normalized spacial score (nSPS) is 22.9. The smallest absolute Gasteiger partial charge is 0.229 e. The lowest BCUT2D eigenvalue weighted by atomic mass is 10.2. The van der Waals surface area contributed by atoms with Gasteiger partial charge in [0.15, 0.2) is 5.82 Å². The summed E-state index contributed by atoms with van der Waals surface area (Å²) in [5.74, 6) is 1.67. The molecule has 5 heteroatoms. The summed E-state index contributed by atoms with van der Waals surface area (Å²) in [6.45, 7) is 6.28. The molecule has 5 nitrogen and oxygen atoms in total. The highest BCUT2D eigenvalue weighted by Gasteiger charge is 2.21. The van der Waals surface area contributed by atoms with Gasteiger partial charge in [-0.1, -0.05) is 19.0 Å². The monoisotopic (exact) mass is 197 g/mol. The van der Waals surface area contributed by atoms with Crippen LogP contribution in [0.3, 0.4) is 0 Å². The Balaban J connectivity index is 2.07. The van der Waals surface area contributed by atoms with Crippen LogP contribution in [0, 0.1) is 0 Å². The molecule has 2 rings (SSSR count). The number of nitrogens with zero attached hydrogens (tertiary/aromatic N) is 2. The van der Waals surface area contributed by atoms with E-state index >= 15 is 0 Å². The van der Waals surface area contributed by atoms with Gasteiger partial charge >= 0.3 is 0 Å². The van der Waals surface area contributed by atoms with Gasteiger partial charge in [0, 0.05) is 12.5 Å². The Hall–Kier alpha value is -0.940. The molecule has 1 fully saturated rings. The molecule has 2 heterocycles. The van der Waals surface area contributed by atoms with E-state index in [-0.39, 0.29) is 12.0 Å². The third kappa shape index (κ3) is 1.93. The molecular weight excluding hydrogens is 182 g/mol.